The first kappa shape index (κ1) is 36.8. The molecule has 2 amide bonds. The van der Waals surface area contributed by atoms with Crippen LogP contribution in [0.5, 0.6) is 0 Å². The number of sulfonamides is 1. The average molecular weight is 721 g/mol. The summed E-state index contributed by atoms with van der Waals surface area (Å²) in [7, 11) is -4.60. The molecule has 0 fully saturated rings. The number of hydrogen-bond donors (Lipinski definition) is 1. The van der Waals surface area contributed by atoms with Gasteiger partial charge in [-0.3, -0.25) is 13.9 Å². The van der Waals surface area contributed by atoms with Gasteiger partial charge in [0.25, 0.3) is 10.0 Å². The second-order valence-electron chi connectivity index (χ2n) is 11.5. The molecular formula is C35H34Cl2F3N3O4S. The summed E-state index contributed by atoms with van der Waals surface area (Å²) in [5.41, 5.74) is 0.399. The largest absolute Gasteiger partial charge is 0.416 e. The highest BCUT2D eigenvalue weighted by molar-refractivity contribution is 7.92. The van der Waals surface area contributed by atoms with Crippen LogP contribution in [0.3, 0.4) is 0 Å². The van der Waals surface area contributed by atoms with Gasteiger partial charge in [-0.05, 0) is 74.4 Å². The predicted octanol–water partition coefficient (Wildman–Crippen LogP) is 7.68. The maximum absolute atomic E-state index is 14.5. The molecule has 7 nitrogen and oxygen atoms in total. The molecular weight excluding hydrogens is 686 g/mol. The molecule has 0 bridgehead atoms. The third-order valence-electron chi connectivity index (χ3n) is 7.41. The molecule has 0 aliphatic carbocycles. The predicted molar refractivity (Wildman–Crippen MR) is 181 cm³/mol. The Kier molecular flexibility index (Phi) is 11.8. The van der Waals surface area contributed by atoms with E-state index in [9.17, 15) is 31.2 Å². The van der Waals surface area contributed by atoms with Crippen LogP contribution in [-0.2, 0) is 38.8 Å². The Hall–Kier alpha value is -4.06. The van der Waals surface area contributed by atoms with Crippen LogP contribution in [0.15, 0.2) is 102 Å². The Morgan fingerprint density at radius 2 is 1.54 bits per heavy atom. The quantitative estimate of drug-likeness (QED) is 0.163. The highest BCUT2D eigenvalue weighted by atomic mass is 35.5. The third kappa shape index (κ3) is 9.30. The summed E-state index contributed by atoms with van der Waals surface area (Å²) in [6.45, 7) is 4.09. The Morgan fingerprint density at radius 1 is 0.875 bits per heavy atom. The molecule has 13 heteroatoms. The van der Waals surface area contributed by atoms with E-state index < -0.39 is 46.2 Å². The zero-order chi connectivity index (χ0) is 35.2. The minimum Gasteiger partial charge on any atom is -0.352 e. The molecule has 0 heterocycles. The number of aryl methyl sites for hydroxylation is 1. The van der Waals surface area contributed by atoms with Crippen molar-refractivity contribution >= 4 is 50.7 Å². The van der Waals surface area contributed by atoms with Gasteiger partial charge < -0.3 is 10.2 Å². The van der Waals surface area contributed by atoms with Crippen LogP contribution in [0, 0.1) is 6.92 Å². The standard InChI is InChI=1S/C35H34Cl2F3N3O4S/c1-23(2)41-34(45)32(18-25-8-5-4-6-9-25)42(21-26-14-15-28(36)20-31(26)37)33(44)22-43(29-11-7-10-27(19-29)35(38,39)40)48(46,47)30-16-12-24(3)13-17-30/h4-17,19-20,23,32H,18,21-22H2,1-3H3,(H,41,45)/t32-/m1/s1. The summed E-state index contributed by atoms with van der Waals surface area (Å²) in [5, 5.41) is 3.37. The molecule has 1 N–H and O–H groups in total. The lowest BCUT2D eigenvalue weighted by molar-refractivity contribution is -0.140. The second kappa shape index (κ2) is 15.4. The number of carbonyl (C=O) groups is 2. The zero-order valence-electron chi connectivity index (χ0n) is 26.3. The number of alkyl halides is 3. The Morgan fingerprint density at radius 3 is 2.15 bits per heavy atom. The third-order valence-corrected chi connectivity index (χ3v) is 9.78. The van der Waals surface area contributed by atoms with Crippen molar-refractivity contribution < 1.29 is 31.2 Å². The van der Waals surface area contributed by atoms with Crippen LogP contribution in [0.2, 0.25) is 10.0 Å². The summed E-state index contributed by atoms with van der Waals surface area (Å²) in [6.07, 6.45) is -4.74. The molecule has 48 heavy (non-hydrogen) atoms. The minimum atomic E-state index is -4.79. The second-order valence-corrected chi connectivity index (χ2v) is 14.2. The van der Waals surface area contributed by atoms with Crippen LogP contribution < -0.4 is 9.62 Å². The molecule has 4 aromatic rings. The molecule has 0 aromatic heterocycles. The molecule has 254 valence electrons. The van der Waals surface area contributed by atoms with Crippen molar-refractivity contribution in [2.24, 2.45) is 0 Å². The number of hydrogen-bond acceptors (Lipinski definition) is 4. The van der Waals surface area contributed by atoms with Gasteiger partial charge in [0.05, 0.1) is 16.1 Å². The topological polar surface area (TPSA) is 86.8 Å². The van der Waals surface area contributed by atoms with Crippen LogP contribution in [0.1, 0.15) is 36.1 Å². The number of carbonyl (C=O) groups excluding carboxylic acids is 2. The van der Waals surface area contributed by atoms with Gasteiger partial charge in [-0.15, -0.1) is 0 Å². The van der Waals surface area contributed by atoms with E-state index in [4.69, 9.17) is 23.2 Å². The van der Waals surface area contributed by atoms with Crippen molar-refractivity contribution in [3.05, 3.63) is 129 Å². The fraction of sp³-hybridized carbons (Fsp3) is 0.257. The molecule has 0 saturated heterocycles. The lowest BCUT2D eigenvalue weighted by Crippen LogP contribution is -2.54. The minimum absolute atomic E-state index is 0.0462. The van der Waals surface area contributed by atoms with Crippen molar-refractivity contribution in [1.29, 1.82) is 0 Å². The highest BCUT2D eigenvalue weighted by Crippen LogP contribution is 2.34. The summed E-state index contributed by atoms with van der Waals surface area (Å²) in [5.74, 6) is -1.37. The van der Waals surface area contributed by atoms with Gasteiger partial charge in [-0.25, -0.2) is 8.42 Å². The van der Waals surface area contributed by atoms with Gasteiger partial charge in [-0.2, -0.15) is 13.2 Å². The van der Waals surface area contributed by atoms with E-state index in [0.717, 1.165) is 17.7 Å². The van der Waals surface area contributed by atoms with E-state index in [-0.39, 0.29) is 34.6 Å². The van der Waals surface area contributed by atoms with E-state index >= 15 is 0 Å². The number of nitrogens with zero attached hydrogens (tertiary/aromatic N) is 2. The number of rotatable bonds is 12. The molecule has 0 aliphatic rings. The molecule has 0 radical (unpaired) electrons. The first-order valence-electron chi connectivity index (χ1n) is 14.9. The van der Waals surface area contributed by atoms with Crippen molar-refractivity contribution in [2.45, 2.75) is 56.9 Å². The fourth-order valence-electron chi connectivity index (χ4n) is 4.97. The Balaban J connectivity index is 1.87. The van der Waals surface area contributed by atoms with Crippen LogP contribution >= 0.6 is 23.2 Å². The van der Waals surface area contributed by atoms with Crippen LogP contribution in [0.4, 0.5) is 18.9 Å². The number of anilines is 1. The van der Waals surface area contributed by atoms with Crippen LogP contribution in [-0.4, -0.2) is 43.8 Å². The Bertz CT molecular complexity index is 1860. The van der Waals surface area contributed by atoms with Crippen molar-refractivity contribution in [3.8, 4) is 0 Å². The molecule has 0 saturated carbocycles. The van der Waals surface area contributed by atoms with Gasteiger partial charge in [0.15, 0.2) is 0 Å². The van der Waals surface area contributed by atoms with Crippen LogP contribution in [0.25, 0.3) is 0 Å². The summed E-state index contributed by atoms with van der Waals surface area (Å²) in [6, 6.07) is 21.5. The van der Waals surface area contributed by atoms with Crippen molar-refractivity contribution in [2.75, 3.05) is 10.8 Å². The van der Waals surface area contributed by atoms with E-state index in [1.807, 2.05) is 0 Å². The molecule has 0 unspecified atom stereocenters. The van der Waals surface area contributed by atoms with E-state index in [1.54, 1.807) is 75.4 Å². The lowest BCUT2D eigenvalue weighted by atomic mass is 10.0. The van der Waals surface area contributed by atoms with Gasteiger partial charge in [0.2, 0.25) is 11.8 Å². The average Bonchev–Trinajstić information content (AvgIpc) is 3.02. The zero-order valence-corrected chi connectivity index (χ0v) is 28.7. The van der Waals surface area contributed by atoms with E-state index in [1.165, 1.54) is 29.2 Å². The summed E-state index contributed by atoms with van der Waals surface area (Å²) < 4.78 is 70.2. The first-order valence-corrected chi connectivity index (χ1v) is 17.1. The smallest absolute Gasteiger partial charge is 0.352 e. The molecule has 0 aliphatic heterocycles. The molecule has 4 rings (SSSR count). The van der Waals surface area contributed by atoms with Gasteiger partial charge in [-0.1, -0.05) is 83.4 Å². The molecule has 4 aromatic carbocycles. The maximum atomic E-state index is 14.5. The summed E-state index contributed by atoms with van der Waals surface area (Å²) in [4.78, 5) is 29.2. The maximum Gasteiger partial charge on any atom is 0.416 e. The number of nitrogens with one attached hydrogen (secondary N) is 1. The normalized spacial score (nSPS) is 12.4. The highest BCUT2D eigenvalue weighted by Gasteiger charge is 2.36. The van der Waals surface area contributed by atoms with E-state index in [2.05, 4.69) is 5.32 Å². The first-order chi connectivity index (χ1) is 22.6. The van der Waals surface area contributed by atoms with Gasteiger partial charge in [0, 0.05) is 29.1 Å². The molecule has 0 spiro atoms. The van der Waals surface area contributed by atoms with Gasteiger partial charge in [0.1, 0.15) is 12.6 Å². The van der Waals surface area contributed by atoms with E-state index in [0.29, 0.717) is 26.5 Å². The lowest BCUT2D eigenvalue weighted by Gasteiger charge is -2.34. The summed E-state index contributed by atoms with van der Waals surface area (Å²) >= 11 is 12.6. The van der Waals surface area contributed by atoms with Gasteiger partial charge >= 0.3 is 6.18 Å². The molecule has 1 atom stereocenters. The Labute approximate surface area is 288 Å². The number of benzene rings is 4. The number of amides is 2. The number of halogens is 5. The fourth-order valence-corrected chi connectivity index (χ4v) is 6.85. The van der Waals surface area contributed by atoms with Crippen molar-refractivity contribution in [1.82, 2.24) is 10.2 Å². The SMILES string of the molecule is Cc1ccc(S(=O)(=O)N(CC(=O)N(Cc2ccc(Cl)cc2Cl)[C@H](Cc2ccccc2)C(=O)NC(C)C)c2cccc(C(F)(F)F)c2)cc1. The monoisotopic (exact) mass is 719 g/mol. The van der Waals surface area contributed by atoms with Crippen molar-refractivity contribution in [3.63, 3.8) is 0 Å².